The van der Waals surface area contributed by atoms with Crippen LogP contribution in [0.1, 0.15) is 45.4 Å². The van der Waals surface area contributed by atoms with Crippen LogP contribution in [0.2, 0.25) is 0 Å². The van der Waals surface area contributed by atoms with E-state index in [2.05, 4.69) is 40.4 Å². The quantitative estimate of drug-likeness (QED) is 0.839. The zero-order valence-corrected chi connectivity index (χ0v) is 11.8. The molecule has 5 heteroatoms. The minimum Gasteiger partial charge on any atom is -0.302 e. The van der Waals surface area contributed by atoms with Gasteiger partial charge in [-0.25, -0.2) is 0 Å². The van der Waals surface area contributed by atoms with E-state index in [-0.39, 0.29) is 0 Å². The summed E-state index contributed by atoms with van der Waals surface area (Å²) in [5.41, 5.74) is 0. The molecule has 1 aliphatic heterocycles. The third kappa shape index (κ3) is 2.60. The Kier molecular flexibility index (Phi) is 3.99. The molecule has 1 unspecified atom stereocenters. The molecule has 4 nitrogen and oxygen atoms in total. The van der Waals surface area contributed by atoms with Gasteiger partial charge in [-0.2, -0.15) is 5.10 Å². The highest BCUT2D eigenvalue weighted by Gasteiger charge is 2.24. The Morgan fingerprint density at radius 1 is 1.53 bits per heavy atom. The number of likely N-dealkylation sites (N-methyl/N-ethyl adjacent to an activating group) is 1. The normalized spacial score (nSPS) is 21.5. The van der Waals surface area contributed by atoms with Crippen LogP contribution in [0.25, 0.3) is 0 Å². The van der Waals surface area contributed by atoms with Crippen LogP contribution in [-0.4, -0.2) is 38.8 Å². The molecule has 0 spiro atoms. The third-order valence-electron chi connectivity index (χ3n) is 3.60. The number of likely N-dealkylation sites (tertiary alicyclic amines) is 1. The van der Waals surface area contributed by atoms with E-state index in [1.807, 2.05) is 0 Å². The van der Waals surface area contributed by atoms with Crippen molar-refractivity contribution in [1.29, 1.82) is 0 Å². The number of aromatic amines is 1. The van der Waals surface area contributed by atoms with Crippen LogP contribution < -0.4 is 0 Å². The molecular weight excluding hydrogens is 232 g/mol. The Bertz CT molecular complexity index is 420. The first kappa shape index (κ1) is 12.8. The molecule has 0 saturated carbocycles. The van der Waals surface area contributed by atoms with Gasteiger partial charge in [-0.05, 0) is 38.1 Å². The van der Waals surface area contributed by atoms with Gasteiger partial charge < -0.3 is 4.57 Å². The van der Waals surface area contributed by atoms with Crippen molar-refractivity contribution in [3.8, 4) is 0 Å². The van der Waals surface area contributed by atoms with Gasteiger partial charge in [-0.15, -0.1) is 0 Å². The first-order chi connectivity index (χ1) is 8.13. The lowest BCUT2D eigenvalue weighted by atomic mass is 10.2. The van der Waals surface area contributed by atoms with Gasteiger partial charge in [0.15, 0.2) is 4.77 Å². The highest BCUT2D eigenvalue weighted by Crippen LogP contribution is 2.20. The Morgan fingerprint density at radius 2 is 2.29 bits per heavy atom. The van der Waals surface area contributed by atoms with Crippen LogP contribution in [0.15, 0.2) is 0 Å². The average molecular weight is 254 g/mol. The van der Waals surface area contributed by atoms with Crippen LogP contribution in [0.4, 0.5) is 0 Å². The van der Waals surface area contributed by atoms with Crippen molar-refractivity contribution in [2.45, 2.75) is 52.1 Å². The highest BCUT2D eigenvalue weighted by atomic mass is 32.1. The molecule has 96 valence electrons. The van der Waals surface area contributed by atoms with Gasteiger partial charge in [0, 0.05) is 18.5 Å². The highest BCUT2D eigenvalue weighted by molar-refractivity contribution is 7.71. The Morgan fingerprint density at radius 3 is 2.94 bits per heavy atom. The molecule has 1 aliphatic rings. The van der Waals surface area contributed by atoms with Crippen molar-refractivity contribution in [2.75, 3.05) is 13.1 Å². The number of hydrogen-bond donors (Lipinski definition) is 1. The maximum Gasteiger partial charge on any atom is 0.195 e. The van der Waals surface area contributed by atoms with Crippen LogP contribution in [0.3, 0.4) is 0 Å². The SMILES string of the molecule is CCN1CCCC1Cn1c(C(C)C)n[nH]c1=S. The summed E-state index contributed by atoms with van der Waals surface area (Å²) < 4.78 is 2.94. The van der Waals surface area contributed by atoms with Crippen LogP contribution >= 0.6 is 12.2 Å². The number of hydrogen-bond acceptors (Lipinski definition) is 3. The largest absolute Gasteiger partial charge is 0.302 e. The summed E-state index contributed by atoms with van der Waals surface area (Å²) in [6, 6.07) is 0.627. The van der Waals surface area contributed by atoms with Gasteiger partial charge in [0.2, 0.25) is 0 Å². The summed E-state index contributed by atoms with van der Waals surface area (Å²) in [4.78, 5) is 2.54. The minimum atomic E-state index is 0.416. The summed E-state index contributed by atoms with van der Waals surface area (Å²) in [5.74, 6) is 1.50. The second-order valence-electron chi connectivity index (χ2n) is 5.08. The van der Waals surface area contributed by atoms with E-state index >= 15 is 0 Å². The maximum absolute atomic E-state index is 5.33. The van der Waals surface area contributed by atoms with Gasteiger partial charge >= 0.3 is 0 Å². The monoisotopic (exact) mass is 254 g/mol. The minimum absolute atomic E-state index is 0.416. The van der Waals surface area contributed by atoms with E-state index in [0.717, 1.165) is 23.7 Å². The van der Waals surface area contributed by atoms with Crippen molar-refractivity contribution in [2.24, 2.45) is 0 Å². The van der Waals surface area contributed by atoms with Gasteiger partial charge in [0.05, 0.1) is 0 Å². The van der Waals surface area contributed by atoms with Gasteiger partial charge in [0.1, 0.15) is 5.82 Å². The molecule has 0 radical (unpaired) electrons. The lowest BCUT2D eigenvalue weighted by molar-refractivity contribution is 0.241. The number of H-pyrrole nitrogens is 1. The van der Waals surface area contributed by atoms with Gasteiger partial charge in [-0.1, -0.05) is 20.8 Å². The van der Waals surface area contributed by atoms with Crippen molar-refractivity contribution < 1.29 is 0 Å². The molecule has 1 fully saturated rings. The molecule has 1 saturated heterocycles. The number of rotatable bonds is 4. The Balaban J connectivity index is 2.18. The van der Waals surface area contributed by atoms with E-state index in [1.165, 1.54) is 19.4 Å². The zero-order chi connectivity index (χ0) is 12.4. The maximum atomic E-state index is 5.33. The summed E-state index contributed by atoms with van der Waals surface area (Å²) >= 11 is 5.33. The molecule has 0 amide bonds. The van der Waals surface area contributed by atoms with E-state index in [1.54, 1.807) is 0 Å². The molecule has 0 bridgehead atoms. The Labute approximate surface area is 108 Å². The van der Waals surface area contributed by atoms with Gasteiger partial charge in [0.25, 0.3) is 0 Å². The number of nitrogens with zero attached hydrogens (tertiary/aromatic N) is 3. The zero-order valence-electron chi connectivity index (χ0n) is 10.9. The summed E-state index contributed by atoms with van der Waals surface area (Å²) in [6.45, 7) is 9.89. The van der Waals surface area contributed by atoms with E-state index in [4.69, 9.17) is 12.2 Å². The van der Waals surface area contributed by atoms with Crippen LogP contribution in [-0.2, 0) is 6.54 Å². The van der Waals surface area contributed by atoms with Crippen LogP contribution in [0.5, 0.6) is 0 Å². The van der Waals surface area contributed by atoms with Crippen molar-refractivity contribution in [3.63, 3.8) is 0 Å². The standard InChI is InChI=1S/C12H22N4S/c1-4-15-7-5-6-10(15)8-16-11(9(2)3)13-14-12(16)17/h9-10H,4-8H2,1-3H3,(H,14,17). The molecule has 1 N–H and O–H groups in total. The summed E-state index contributed by atoms with van der Waals surface area (Å²) in [6.07, 6.45) is 2.58. The lowest BCUT2D eigenvalue weighted by Crippen LogP contribution is -2.33. The molecule has 0 aromatic carbocycles. The molecule has 1 aromatic rings. The van der Waals surface area contributed by atoms with Crippen molar-refractivity contribution in [3.05, 3.63) is 10.6 Å². The fourth-order valence-electron chi connectivity index (χ4n) is 2.68. The number of aromatic nitrogens is 3. The summed E-state index contributed by atoms with van der Waals surface area (Å²) in [7, 11) is 0. The fourth-order valence-corrected chi connectivity index (χ4v) is 2.89. The first-order valence-corrected chi connectivity index (χ1v) is 6.93. The molecule has 2 rings (SSSR count). The molecular formula is C12H22N4S. The lowest BCUT2D eigenvalue weighted by Gasteiger charge is -2.23. The topological polar surface area (TPSA) is 36.9 Å². The first-order valence-electron chi connectivity index (χ1n) is 6.52. The summed E-state index contributed by atoms with van der Waals surface area (Å²) in [5, 5.41) is 7.26. The second kappa shape index (κ2) is 5.31. The van der Waals surface area contributed by atoms with Crippen molar-refractivity contribution in [1.82, 2.24) is 19.7 Å². The average Bonchev–Trinajstić information content (AvgIpc) is 2.87. The molecule has 2 heterocycles. The van der Waals surface area contributed by atoms with E-state index < -0.39 is 0 Å². The fraction of sp³-hybridized carbons (Fsp3) is 0.833. The smallest absolute Gasteiger partial charge is 0.195 e. The third-order valence-corrected chi connectivity index (χ3v) is 3.91. The van der Waals surface area contributed by atoms with E-state index in [0.29, 0.717) is 12.0 Å². The molecule has 0 aliphatic carbocycles. The predicted octanol–water partition coefficient (Wildman–Crippen LogP) is 2.55. The van der Waals surface area contributed by atoms with E-state index in [9.17, 15) is 0 Å². The number of nitrogens with one attached hydrogen (secondary N) is 1. The van der Waals surface area contributed by atoms with Crippen LogP contribution in [0, 0.1) is 4.77 Å². The van der Waals surface area contributed by atoms with Gasteiger partial charge in [-0.3, -0.25) is 10.00 Å². The second-order valence-corrected chi connectivity index (χ2v) is 5.46. The molecule has 17 heavy (non-hydrogen) atoms. The Hall–Kier alpha value is -0.680. The molecule has 1 atom stereocenters. The van der Waals surface area contributed by atoms with Crippen molar-refractivity contribution >= 4 is 12.2 Å². The molecule has 1 aromatic heterocycles. The predicted molar refractivity (Wildman–Crippen MR) is 71.8 cm³/mol.